The lowest BCUT2D eigenvalue weighted by molar-refractivity contribution is 0.102. The van der Waals surface area contributed by atoms with Crippen LogP contribution in [0.15, 0.2) is 54.6 Å². The molecule has 1 fully saturated rings. The van der Waals surface area contributed by atoms with Gasteiger partial charge in [-0.15, -0.1) is 0 Å². The molecule has 1 aliphatic carbocycles. The van der Waals surface area contributed by atoms with E-state index in [-0.39, 0.29) is 11.9 Å². The predicted octanol–water partition coefficient (Wildman–Crippen LogP) is 4.03. The molecule has 3 N–H and O–H groups in total. The maximum Gasteiger partial charge on any atom is 0.319 e. The molecule has 4 rings (SSSR count). The topological polar surface area (TPSA) is 88.0 Å². The number of rotatable bonds is 5. The van der Waals surface area contributed by atoms with Crippen molar-refractivity contribution in [3.8, 4) is 5.69 Å². The summed E-state index contributed by atoms with van der Waals surface area (Å²) >= 11 is 0. The van der Waals surface area contributed by atoms with E-state index in [1.807, 2.05) is 36.7 Å². The molecular formula is C22H23N5O2. The van der Waals surface area contributed by atoms with Gasteiger partial charge in [0, 0.05) is 28.7 Å². The number of carbonyl (C=O) groups is 2. The van der Waals surface area contributed by atoms with Gasteiger partial charge in [0.15, 0.2) is 0 Å². The second-order valence-electron chi connectivity index (χ2n) is 7.29. The van der Waals surface area contributed by atoms with Crippen molar-refractivity contribution < 1.29 is 9.59 Å². The molecule has 148 valence electrons. The first-order chi connectivity index (χ1) is 14.0. The Hall–Kier alpha value is -3.61. The standard InChI is InChI=1S/C22H23N5O2/c1-14-13-15(2)27(26-14)20-11-3-16(4-12-20)21(28)23-17-5-7-18(8-6-17)24-22(29)25-19-9-10-19/h3-8,11-13,19H,9-10H2,1-2H3,(H,23,28)(H2,24,25,29). The molecule has 29 heavy (non-hydrogen) atoms. The first-order valence-electron chi connectivity index (χ1n) is 9.60. The highest BCUT2D eigenvalue weighted by Gasteiger charge is 2.23. The number of anilines is 2. The normalized spacial score (nSPS) is 13.0. The van der Waals surface area contributed by atoms with Crippen molar-refractivity contribution in [1.29, 1.82) is 0 Å². The highest BCUT2D eigenvalue weighted by Crippen LogP contribution is 2.20. The Labute approximate surface area is 169 Å². The fourth-order valence-corrected chi connectivity index (χ4v) is 3.06. The summed E-state index contributed by atoms with van der Waals surface area (Å²) in [7, 11) is 0. The molecule has 1 heterocycles. The van der Waals surface area contributed by atoms with Crippen molar-refractivity contribution >= 4 is 23.3 Å². The predicted molar refractivity (Wildman–Crippen MR) is 113 cm³/mol. The van der Waals surface area contributed by atoms with E-state index < -0.39 is 0 Å². The van der Waals surface area contributed by atoms with Gasteiger partial charge >= 0.3 is 6.03 Å². The second-order valence-corrected chi connectivity index (χ2v) is 7.29. The third kappa shape index (κ3) is 4.63. The van der Waals surface area contributed by atoms with Crippen molar-refractivity contribution in [2.75, 3.05) is 10.6 Å². The molecule has 1 aromatic heterocycles. The summed E-state index contributed by atoms with van der Waals surface area (Å²) in [6.07, 6.45) is 2.08. The van der Waals surface area contributed by atoms with Gasteiger partial charge < -0.3 is 16.0 Å². The molecule has 7 heteroatoms. The Morgan fingerprint density at radius 1 is 0.931 bits per heavy atom. The molecule has 7 nitrogen and oxygen atoms in total. The molecule has 2 aromatic carbocycles. The van der Waals surface area contributed by atoms with E-state index in [9.17, 15) is 9.59 Å². The van der Waals surface area contributed by atoms with Gasteiger partial charge in [-0.2, -0.15) is 5.10 Å². The lowest BCUT2D eigenvalue weighted by atomic mass is 10.2. The number of amides is 3. The van der Waals surface area contributed by atoms with Crippen LogP contribution in [0, 0.1) is 13.8 Å². The summed E-state index contributed by atoms with van der Waals surface area (Å²) in [5.41, 5.74) is 4.79. The average molecular weight is 389 g/mol. The number of nitrogens with zero attached hydrogens (tertiary/aromatic N) is 2. The molecule has 0 spiro atoms. The maximum atomic E-state index is 12.5. The fourth-order valence-electron chi connectivity index (χ4n) is 3.06. The van der Waals surface area contributed by atoms with Gasteiger partial charge in [0.2, 0.25) is 0 Å². The molecule has 1 aliphatic rings. The van der Waals surface area contributed by atoms with Crippen LogP contribution in [-0.2, 0) is 0 Å². The zero-order valence-electron chi connectivity index (χ0n) is 16.4. The average Bonchev–Trinajstić information content (AvgIpc) is 3.44. The molecule has 0 aliphatic heterocycles. The summed E-state index contributed by atoms with van der Waals surface area (Å²) in [6, 6.07) is 16.5. The largest absolute Gasteiger partial charge is 0.335 e. The van der Waals surface area contributed by atoms with Crippen LogP contribution in [0.1, 0.15) is 34.6 Å². The minimum Gasteiger partial charge on any atom is -0.335 e. The molecule has 0 saturated heterocycles. The van der Waals surface area contributed by atoms with Crippen molar-refractivity contribution in [1.82, 2.24) is 15.1 Å². The number of carbonyl (C=O) groups excluding carboxylic acids is 2. The van der Waals surface area contributed by atoms with Crippen LogP contribution in [0.5, 0.6) is 0 Å². The zero-order chi connectivity index (χ0) is 20.4. The summed E-state index contributed by atoms with van der Waals surface area (Å²) in [4.78, 5) is 24.3. The Balaban J connectivity index is 1.37. The Bertz CT molecular complexity index is 1030. The number of urea groups is 1. The van der Waals surface area contributed by atoms with E-state index >= 15 is 0 Å². The first-order valence-corrected chi connectivity index (χ1v) is 9.60. The van der Waals surface area contributed by atoms with Gasteiger partial charge in [0.25, 0.3) is 5.91 Å². The van der Waals surface area contributed by atoms with Gasteiger partial charge in [0.1, 0.15) is 0 Å². The Kier molecular flexibility index (Phi) is 5.03. The van der Waals surface area contributed by atoms with Crippen molar-refractivity contribution in [2.24, 2.45) is 0 Å². The van der Waals surface area contributed by atoms with Gasteiger partial charge in [-0.25, -0.2) is 9.48 Å². The molecule has 3 amide bonds. The smallest absolute Gasteiger partial charge is 0.319 e. The van der Waals surface area contributed by atoms with Crippen LogP contribution < -0.4 is 16.0 Å². The summed E-state index contributed by atoms with van der Waals surface area (Å²) in [5, 5.41) is 13.0. The highest BCUT2D eigenvalue weighted by atomic mass is 16.2. The van der Waals surface area contributed by atoms with Crippen LogP contribution in [0.4, 0.5) is 16.2 Å². The van der Waals surface area contributed by atoms with E-state index in [0.717, 1.165) is 29.9 Å². The van der Waals surface area contributed by atoms with Crippen LogP contribution in [0.3, 0.4) is 0 Å². The van der Waals surface area contributed by atoms with E-state index in [1.54, 1.807) is 36.4 Å². The lowest BCUT2D eigenvalue weighted by Gasteiger charge is -2.09. The van der Waals surface area contributed by atoms with E-state index in [2.05, 4.69) is 21.0 Å². The van der Waals surface area contributed by atoms with Crippen molar-refractivity contribution in [3.63, 3.8) is 0 Å². The molecule has 0 atom stereocenters. The van der Waals surface area contributed by atoms with E-state index in [0.29, 0.717) is 23.0 Å². The molecular weight excluding hydrogens is 366 g/mol. The fraction of sp³-hybridized carbons (Fsp3) is 0.227. The lowest BCUT2D eigenvalue weighted by Crippen LogP contribution is -2.30. The number of hydrogen-bond donors (Lipinski definition) is 3. The van der Waals surface area contributed by atoms with Crippen LogP contribution >= 0.6 is 0 Å². The number of benzene rings is 2. The molecule has 0 unspecified atom stereocenters. The molecule has 3 aromatic rings. The Morgan fingerprint density at radius 2 is 1.55 bits per heavy atom. The summed E-state index contributed by atoms with van der Waals surface area (Å²) in [6.45, 7) is 3.94. The SMILES string of the molecule is Cc1cc(C)n(-c2ccc(C(=O)Nc3ccc(NC(=O)NC4CC4)cc3)cc2)n1. The minimum absolute atomic E-state index is 0.197. The van der Waals surface area contributed by atoms with Crippen LogP contribution in [0.25, 0.3) is 5.69 Å². The van der Waals surface area contributed by atoms with Gasteiger partial charge in [-0.3, -0.25) is 4.79 Å². The summed E-state index contributed by atoms with van der Waals surface area (Å²) < 4.78 is 1.85. The number of aryl methyl sites for hydroxylation is 2. The molecule has 0 bridgehead atoms. The second kappa shape index (κ2) is 7.79. The molecule has 0 radical (unpaired) electrons. The zero-order valence-corrected chi connectivity index (χ0v) is 16.4. The third-order valence-electron chi connectivity index (χ3n) is 4.70. The first kappa shape index (κ1) is 18.7. The monoisotopic (exact) mass is 389 g/mol. The molecule has 1 saturated carbocycles. The van der Waals surface area contributed by atoms with Gasteiger partial charge in [-0.1, -0.05) is 0 Å². The van der Waals surface area contributed by atoms with Gasteiger partial charge in [-0.05, 0) is 81.3 Å². The quantitative estimate of drug-likeness (QED) is 0.616. The van der Waals surface area contributed by atoms with Crippen LogP contribution in [0.2, 0.25) is 0 Å². The summed E-state index contributed by atoms with van der Waals surface area (Å²) in [5.74, 6) is -0.197. The number of nitrogens with one attached hydrogen (secondary N) is 3. The number of aromatic nitrogens is 2. The van der Waals surface area contributed by atoms with Crippen LogP contribution in [-0.4, -0.2) is 27.8 Å². The van der Waals surface area contributed by atoms with E-state index in [1.165, 1.54) is 0 Å². The Morgan fingerprint density at radius 3 is 2.10 bits per heavy atom. The maximum absolute atomic E-state index is 12.5. The highest BCUT2D eigenvalue weighted by molar-refractivity contribution is 6.04. The van der Waals surface area contributed by atoms with Crippen molar-refractivity contribution in [3.05, 3.63) is 71.5 Å². The van der Waals surface area contributed by atoms with Gasteiger partial charge in [0.05, 0.1) is 11.4 Å². The van der Waals surface area contributed by atoms with Crippen molar-refractivity contribution in [2.45, 2.75) is 32.7 Å². The van der Waals surface area contributed by atoms with E-state index in [4.69, 9.17) is 0 Å². The minimum atomic E-state index is -0.202. The number of hydrogen-bond acceptors (Lipinski definition) is 3. The third-order valence-corrected chi connectivity index (χ3v) is 4.70.